The molecule has 1 atom stereocenters. The fourth-order valence-electron chi connectivity index (χ4n) is 3.82. The van der Waals surface area contributed by atoms with Crippen LogP contribution in [0.15, 0.2) is 36.4 Å². The molecule has 1 aliphatic carbocycles. The Hall–Kier alpha value is -3.39. The third-order valence-corrected chi connectivity index (χ3v) is 6.55. The number of amides is 2. The summed E-state index contributed by atoms with van der Waals surface area (Å²) in [6, 6.07) is 10.9. The van der Waals surface area contributed by atoms with E-state index in [1.54, 1.807) is 18.2 Å². The second-order valence-electron chi connectivity index (χ2n) is 7.78. The average Bonchev–Trinajstić information content (AvgIpc) is 3.35. The van der Waals surface area contributed by atoms with Crippen molar-refractivity contribution in [3.05, 3.63) is 63.7 Å². The molecule has 0 aliphatic heterocycles. The molecular formula is C24H25N3O4S. The molecule has 0 fully saturated rings. The fourth-order valence-corrected chi connectivity index (χ4v) is 4.85. The lowest BCUT2D eigenvalue weighted by Crippen LogP contribution is -2.20. The second-order valence-corrected chi connectivity index (χ2v) is 8.87. The number of aryl methyl sites for hydroxylation is 3. The maximum absolute atomic E-state index is 12.9. The van der Waals surface area contributed by atoms with Gasteiger partial charge in [0.1, 0.15) is 11.5 Å². The highest BCUT2D eigenvalue weighted by atomic mass is 32.1. The molecular weight excluding hydrogens is 426 g/mol. The highest BCUT2D eigenvalue weighted by Crippen LogP contribution is 2.39. The van der Waals surface area contributed by atoms with Gasteiger partial charge >= 0.3 is 0 Å². The molecule has 4 rings (SSSR count). The van der Waals surface area contributed by atoms with Crippen LogP contribution < -0.4 is 20.1 Å². The van der Waals surface area contributed by atoms with Crippen LogP contribution in [0.3, 0.4) is 0 Å². The van der Waals surface area contributed by atoms with Gasteiger partial charge in [-0.25, -0.2) is 4.98 Å². The summed E-state index contributed by atoms with van der Waals surface area (Å²) in [5.74, 6) is 0.338. The number of nitrogens with one attached hydrogen (secondary N) is 2. The van der Waals surface area contributed by atoms with Crippen LogP contribution in [-0.4, -0.2) is 31.0 Å². The molecule has 0 spiro atoms. The molecule has 0 bridgehead atoms. The highest BCUT2D eigenvalue weighted by molar-refractivity contribution is 7.16. The van der Waals surface area contributed by atoms with Gasteiger partial charge in [-0.05, 0) is 50.5 Å². The number of methoxy groups -OCH3 is 2. The number of nitrogens with zero attached hydrogens (tertiary/aromatic N) is 1. The summed E-state index contributed by atoms with van der Waals surface area (Å²) in [5.41, 5.74) is 4.13. The maximum atomic E-state index is 12.9. The molecule has 1 unspecified atom stereocenters. The summed E-state index contributed by atoms with van der Waals surface area (Å²) in [6.45, 7) is 4.00. The van der Waals surface area contributed by atoms with Crippen molar-refractivity contribution in [1.29, 1.82) is 0 Å². The molecule has 1 aliphatic rings. The molecule has 3 aromatic rings. The van der Waals surface area contributed by atoms with Gasteiger partial charge in [-0.15, -0.1) is 11.3 Å². The summed E-state index contributed by atoms with van der Waals surface area (Å²) in [4.78, 5) is 31.3. The van der Waals surface area contributed by atoms with Crippen molar-refractivity contribution >= 4 is 34.0 Å². The van der Waals surface area contributed by atoms with Crippen LogP contribution in [0.2, 0.25) is 0 Å². The van der Waals surface area contributed by atoms with E-state index < -0.39 is 0 Å². The van der Waals surface area contributed by atoms with Crippen molar-refractivity contribution in [3.8, 4) is 11.5 Å². The SMILES string of the molecule is COc1cc(OC)cc(C(=O)Nc2nc3c(s2)CCC3C(=O)Nc2ccc(C)cc2C)c1. The van der Waals surface area contributed by atoms with Gasteiger partial charge in [0.25, 0.3) is 5.91 Å². The molecule has 2 amide bonds. The Kier molecular flexibility index (Phi) is 6.14. The molecule has 1 heterocycles. The van der Waals surface area contributed by atoms with Crippen molar-refractivity contribution < 1.29 is 19.1 Å². The van der Waals surface area contributed by atoms with Gasteiger partial charge in [-0.1, -0.05) is 17.7 Å². The lowest BCUT2D eigenvalue weighted by molar-refractivity contribution is -0.117. The summed E-state index contributed by atoms with van der Waals surface area (Å²) >= 11 is 1.41. The lowest BCUT2D eigenvalue weighted by atomic mass is 10.1. The Labute approximate surface area is 190 Å². The van der Waals surface area contributed by atoms with Gasteiger partial charge in [0.2, 0.25) is 5.91 Å². The Morgan fingerprint density at radius 1 is 1.03 bits per heavy atom. The van der Waals surface area contributed by atoms with E-state index in [2.05, 4.69) is 15.6 Å². The molecule has 2 N–H and O–H groups in total. The topological polar surface area (TPSA) is 89.6 Å². The smallest absolute Gasteiger partial charge is 0.257 e. The van der Waals surface area contributed by atoms with Gasteiger partial charge in [-0.2, -0.15) is 0 Å². The Balaban J connectivity index is 1.49. The molecule has 2 aromatic carbocycles. The zero-order chi connectivity index (χ0) is 22.8. The standard InChI is InChI=1S/C24H25N3O4S/c1-13-5-7-19(14(2)9-13)25-23(29)18-6-8-20-21(18)26-24(32-20)27-22(28)15-10-16(30-3)12-17(11-15)31-4/h5,7,9-12,18H,6,8H2,1-4H3,(H,25,29)(H,26,27,28). The lowest BCUT2D eigenvalue weighted by Gasteiger charge is -2.13. The first-order chi connectivity index (χ1) is 15.4. The molecule has 0 radical (unpaired) electrons. The number of benzene rings is 2. The van der Waals surface area contributed by atoms with E-state index >= 15 is 0 Å². The third-order valence-electron chi connectivity index (χ3n) is 5.51. The number of aromatic nitrogens is 1. The Morgan fingerprint density at radius 2 is 1.75 bits per heavy atom. The largest absolute Gasteiger partial charge is 0.497 e. The number of rotatable bonds is 6. The highest BCUT2D eigenvalue weighted by Gasteiger charge is 2.33. The monoisotopic (exact) mass is 451 g/mol. The van der Waals surface area contributed by atoms with Gasteiger partial charge in [0.15, 0.2) is 5.13 Å². The van der Waals surface area contributed by atoms with Gasteiger partial charge in [-0.3, -0.25) is 14.9 Å². The molecule has 7 nitrogen and oxygen atoms in total. The Bertz CT molecular complexity index is 1170. The summed E-state index contributed by atoms with van der Waals surface area (Å²) in [6.07, 6.45) is 1.48. The van der Waals surface area contributed by atoms with Crippen LogP contribution in [0.25, 0.3) is 0 Å². The number of carbonyl (C=O) groups is 2. The van der Waals surface area contributed by atoms with Gasteiger partial charge in [0.05, 0.1) is 25.8 Å². The second kappa shape index (κ2) is 9.00. The Morgan fingerprint density at radius 3 is 2.41 bits per heavy atom. The number of ether oxygens (including phenoxy) is 2. The van der Waals surface area contributed by atoms with Gasteiger partial charge < -0.3 is 14.8 Å². The summed E-state index contributed by atoms with van der Waals surface area (Å²) in [7, 11) is 3.07. The van der Waals surface area contributed by atoms with E-state index in [1.165, 1.54) is 25.6 Å². The molecule has 0 saturated carbocycles. The van der Waals surface area contributed by atoms with Crippen molar-refractivity contribution in [1.82, 2.24) is 4.98 Å². The number of hydrogen-bond acceptors (Lipinski definition) is 6. The number of hydrogen-bond donors (Lipinski definition) is 2. The van der Waals surface area contributed by atoms with Crippen LogP contribution in [-0.2, 0) is 11.2 Å². The van der Waals surface area contributed by atoms with Crippen LogP contribution in [0.1, 0.15) is 44.4 Å². The summed E-state index contributed by atoms with van der Waals surface area (Å²) in [5, 5.41) is 6.35. The van der Waals surface area contributed by atoms with Crippen LogP contribution in [0.4, 0.5) is 10.8 Å². The van der Waals surface area contributed by atoms with Crippen molar-refractivity contribution in [3.63, 3.8) is 0 Å². The molecule has 8 heteroatoms. The molecule has 1 aromatic heterocycles. The van der Waals surface area contributed by atoms with Crippen molar-refractivity contribution in [2.75, 3.05) is 24.9 Å². The zero-order valence-electron chi connectivity index (χ0n) is 18.4. The van der Waals surface area contributed by atoms with Crippen LogP contribution >= 0.6 is 11.3 Å². The number of anilines is 2. The summed E-state index contributed by atoms with van der Waals surface area (Å²) < 4.78 is 10.5. The minimum absolute atomic E-state index is 0.0728. The van der Waals surface area contributed by atoms with E-state index in [0.717, 1.165) is 33.8 Å². The van der Waals surface area contributed by atoms with E-state index in [0.29, 0.717) is 28.6 Å². The fraction of sp³-hybridized carbons (Fsp3) is 0.292. The van der Waals surface area contributed by atoms with E-state index in [9.17, 15) is 9.59 Å². The predicted molar refractivity (Wildman–Crippen MR) is 125 cm³/mol. The van der Waals surface area contributed by atoms with Crippen molar-refractivity contribution in [2.24, 2.45) is 0 Å². The van der Waals surface area contributed by atoms with Gasteiger partial charge in [0, 0.05) is 22.2 Å². The third kappa shape index (κ3) is 4.45. The molecule has 0 saturated heterocycles. The predicted octanol–water partition coefficient (Wildman–Crippen LogP) is 4.70. The minimum atomic E-state index is -0.329. The van der Waals surface area contributed by atoms with E-state index in [1.807, 2.05) is 32.0 Å². The first-order valence-electron chi connectivity index (χ1n) is 10.3. The number of fused-ring (bicyclic) bond motifs is 1. The molecule has 166 valence electrons. The average molecular weight is 452 g/mol. The van der Waals surface area contributed by atoms with E-state index in [4.69, 9.17) is 9.47 Å². The van der Waals surface area contributed by atoms with E-state index in [-0.39, 0.29) is 17.7 Å². The first-order valence-corrected chi connectivity index (χ1v) is 11.1. The van der Waals surface area contributed by atoms with Crippen LogP contribution in [0.5, 0.6) is 11.5 Å². The van der Waals surface area contributed by atoms with Crippen LogP contribution in [0, 0.1) is 13.8 Å². The molecule has 32 heavy (non-hydrogen) atoms. The first kappa shape index (κ1) is 21.8. The number of carbonyl (C=O) groups excluding carboxylic acids is 2. The number of thiazole rings is 1. The minimum Gasteiger partial charge on any atom is -0.497 e. The quantitative estimate of drug-likeness (QED) is 0.567. The zero-order valence-corrected chi connectivity index (χ0v) is 19.3. The maximum Gasteiger partial charge on any atom is 0.257 e. The normalized spacial score (nSPS) is 14.6. The van der Waals surface area contributed by atoms with Crippen molar-refractivity contribution in [2.45, 2.75) is 32.6 Å².